The third-order valence-corrected chi connectivity index (χ3v) is 2.10. The molecule has 6 N–H and O–H groups in total. The molecule has 7 nitrogen and oxygen atoms in total. The van der Waals surface area contributed by atoms with Crippen LogP contribution < -0.4 is 22.1 Å². The van der Waals surface area contributed by atoms with Crippen LogP contribution in [-0.4, -0.2) is 36.6 Å². The summed E-state index contributed by atoms with van der Waals surface area (Å²) in [7, 11) is 0. The molecule has 0 saturated carbocycles. The van der Waals surface area contributed by atoms with Gasteiger partial charge in [0.1, 0.15) is 0 Å². The van der Waals surface area contributed by atoms with Crippen LogP contribution in [0, 0.1) is 11.8 Å². The minimum Gasteiger partial charge on any atom is -0.352 e. The van der Waals surface area contributed by atoms with Crippen molar-refractivity contribution >= 4 is 11.9 Å². The molecular formula is C12H15N5O2. The molecular weight excluding hydrogens is 246 g/mol. The van der Waals surface area contributed by atoms with Crippen molar-refractivity contribution in [1.82, 2.24) is 15.6 Å². The van der Waals surface area contributed by atoms with Crippen LogP contribution in [0.5, 0.6) is 0 Å². The number of amides is 3. The summed E-state index contributed by atoms with van der Waals surface area (Å²) in [4.78, 5) is 26.2. The number of aromatic nitrogens is 1. The Bertz CT molecular complexity index is 518. The number of hydrogen-bond donors (Lipinski definition) is 4. The number of carbonyl (C=O) groups excluding carboxylic acids is 2. The van der Waals surface area contributed by atoms with Crippen LogP contribution in [0.3, 0.4) is 0 Å². The average molecular weight is 261 g/mol. The Morgan fingerprint density at radius 1 is 1.32 bits per heavy atom. The minimum atomic E-state index is -0.632. The van der Waals surface area contributed by atoms with Gasteiger partial charge in [0, 0.05) is 25.5 Å². The van der Waals surface area contributed by atoms with E-state index in [4.69, 9.17) is 11.5 Å². The number of hydrogen-bond acceptors (Lipinski definition) is 4. The summed E-state index contributed by atoms with van der Waals surface area (Å²) in [5.41, 5.74) is 11.1. The quantitative estimate of drug-likeness (QED) is 0.401. The lowest BCUT2D eigenvalue weighted by Gasteiger charge is -2.06. The van der Waals surface area contributed by atoms with Crippen LogP contribution in [-0.2, 0) is 0 Å². The lowest BCUT2D eigenvalue weighted by Crippen LogP contribution is -2.37. The van der Waals surface area contributed by atoms with Crippen LogP contribution in [0.1, 0.15) is 15.9 Å². The van der Waals surface area contributed by atoms with E-state index < -0.39 is 6.03 Å². The van der Waals surface area contributed by atoms with Crippen LogP contribution in [0.15, 0.2) is 18.5 Å². The number of nitrogens with zero attached hydrogens (tertiary/aromatic N) is 1. The molecule has 1 rings (SSSR count). The van der Waals surface area contributed by atoms with E-state index >= 15 is 0 Å². The van der Waals surface area contributed by atoms with Crippen molar-refractivity contribution < 1.29 is 9.59 Å². The number of pyridine rings is 1. The first kappa shape index (κ1) is 14.5. The van der Waals surface area contributed by atoms with Gasteiger partial charge in [0.05, 0.1) is 17.7 Å². The van der Waals surface area contributed by atoms with Crippen LogP contribution >= 0.6 is 0 Å². The van der Waals surface area contributed by atoms with Crippen LogP contribution in [0.4, 0.5) is 4.79 Å². The predicted molar refractivity (Wildman–Crippen MR) is 70.1 cm³/mol. The van der Waals surface area contributed by atoms with Crippen molar-refractivity contribution in [3.8, 4) is 11.8 Å². The lowest BCUT2D eigenvalue weighted by atomic mass is 10.1. The smallest absolute Gasteiger partial charge is 0.312 e. The molecule has 0 bridgehead atoms. The Hall–Kier alpha value is -2.59. The highest BCUT2D eigenvalue weighted by atomic mass is 16.2. The maximum atomic E-state index is 11.9. The molecule has 0 saturated heterocycles. The molecule has 7 heteroatoms. The number of nitrogens with two attached hydrogens (primary N) is 2. The van der Waals surface area contributed by atoms with E-state index in [1.54, 1.807) is 6.07 Å². The third kappa shape index (κ3) is 5.06. The molecule has 1 aromatic rings. The zero-order valence-corrected chi connectivity index (χ0v) is 10.3. The SMILES string of the molecule is NCC#Cc1cnccc1C(=O)NCCNC(N)=O. The Balaban J connectivity index is 2.63. The molecule has 3 amide bonds. The first-order chi connectivity index (χ1) is 9.15. The molecule has 0 atom stereocenters. The van der Waals surface area contributed by atoms with Crippen molar-refractivity contribution in [3.63, 3.8) is 0 Å². The summed E-state index contributed by atoms with van der Waals surface area (Å²) in [6.45, 7) is 0.738. The summed E-state index contributed by atoms with van der Waals surface area (Å²) in [6, 6.07) is 0.935. The summed E-state index contributed by atoms with van der Waals surface area (Å²) in [6.07, 6.45) is 3.00. The average Bonchev–Trinajstić information content (AvgIpc) is 2.41. The van der Waals surface area contributed by atoms with Gasteiger partial charge in [-0.25, -0.2) is 4.79 Å². The third-order valence-electron chi connectivity index (χ3n) is 2.10. The maximum absolute atomic E-state index is 11.9. The molecule has 0 radical (unpaired) electrons. The number of rotatable bonds is 4. The molecule has 0 aliphatic rings. The monoisotopic (exact) mass is 261 g/mol. The zero-order valence-electron chi connectivity index (χ0n) is 10.3. The fraction of sp³-hybridized carbons (Fsp3) is 0.250. The Morgan fingerprint density at radius 2 is 2.05 bits per heavy atom. The molecule has 0 unspecified atom stereocenters. The van der Waals surface area contributed by atoms with E-state index in [0.717, 1.165) is 0 Å². The highest BCUT2D eigenvalue weighted by Gasteiger charge is 2.09. The van der Waals surface area contributed by atoms with E-state index in [9.17, 15) is 9.59 Å². The maximum Gasteiger partial charge on any atom is 0.312 e. The number of nitrogens with one attached hydrogen (secondary N) is 2. The first-order valence-electron chi connectivity index (χ1n) is 5.59. The second kappa shape index (κ2) is 7.68. The Morgan fingerprint density at radius 3 is 2.74 bits per heavy atom. The van der Waals surface area contributed by atoms with E-state index in [1.165, 1.54) is 12.4 Å². The van der Waals surface area contributed by atoms with Gasteiger partial charge in [-0.1, -0.05) is 11.8 Å². The fourth-order valence-corrected chi connectivity index (χ4v) is 1.30. The molecule has 1 heterocycles. The molecule has 100 valence electrons. The molecule has 0 spiro atoms. The van der Waals surface area contributed by atoms with Crippen molar-refractivity contribution in [2.24, 2.45) is 11.5 Å². The lowest BCUT2D eigenvalue weighted by molar-refractivity contribution is 0.0953. The number of primary amides is 1. The molecule has 0 fully saturated rings. The standard InChI is InChI=1S/C12H15N5O2/c13-4-1-2-9-8-15-5-3-10(9)11(18)16-6-7-17-12(14)19/h3,5,8H,4,6-7,13H2,(H,16,18)(H3,14,17,19). The van der Waals surface area contributed by atoms with E-state index in [2.05, 4.69) is 27.5 Å². The van der Waals surface area contributed by atoms with Crippen molar-refractivity contribution in [2.75, 3.05) is 19.6 Å². The molecule has 19 heavy (non-hydrogen) atoms. The van der Waals surface area contributed by atoms with Gasteiger partial charge in [0.15, 0.2) is 0 Å². The molecule has 0 aliphatic carbocycles. The summed E-state index contributed by atoms with van der Waals surface area (Å²) in [5, 5.41) is 5.00. The van der Waals surface area contributed by atoms with E-state index in [1.807, 2.05) is 0 Å². The van der Waals surface area contributed by atoms with Gasteiger partial charge in [0.25, 0.3) is 5.91 Å². The normalized spacial score (nSPS) is 9.11. The summed E-state index contributed by atoms with van der Waals surface area (Å²) >= 11 is 0. The van der Waals surface area contributed by atoms with Crippen molar-refractivity contribution in [1.29, 1.82) is 0 Å². The van der Waals surface area contributed by atoms with E-state index in [-0.39, 0.29) is 25.5 Å². The van der Waals surface area contributed by atoms with Crippen LogP contribution in [0.2, 0.25) is 0 Å². The predicted octanol–water partition coefficient (Wildman–Crippen LogP) is -1.21. The Labute approximate surface area is 110 Å². The highest BCUT2D eigenvalue weighted by molar-refractivity contribution is 5.96. The van der Waals surface area contributed by atoms with Crippen LogP contribution in [0.25, 0.3) is 0 Å². The Kier molecular flexibility index (Phi) is 5.85. The molecule has 0 aliphatic heterocycles. The highest BCUT2D eigenvalue weighted by Crippen LogP contribution is 2.04. The van der Waals surface area contributed by atoms with Gasteiger partial charge in [-0.2, -0.15) is 0 Å². The van der Waals surface area contributed by atoms with Crippen molar-refractivity contribution in [3.05, 3.63) is 29.6 Å². The molecule has 1 aromatic heterocycles. The van der Waals surface area contributed by atoms with Gasteiger partial charge >= 0.3 is 6.03 Å². The summed E-state index contributed by atoms with van der Waals surface area (Å²) < 4.78 is 0. The topological polar surface area (TPSA) is 123 Å². The van der Waals surface area contributed by atoms with Crippen molar-refractivity contribution in [2.45, 2.75) is 0 Å². The van der Waals surface area contributed by atoms with Gasteiger partial charge < -0.3 is 22.1 Å². The number of urea groups is 1. The summed E-state index contributed by atoms with van der Waals surface area (Å²) in [5.74, 6) is 5.14. The van der Waals surface area contributed by atoms with Gasteiger partial charge in [-0.05, 0) is 6.07 Å². The van der Waals surface area contributed by atoms with E-state index in [0.29, 0.717) is 11.1 Å². The second-order valence-electron chi connectivity index (χ2n) is 3.47. The zero-order chi connectivity index (χ0) is 14.1. The van der Waals surface area contributed by atoms with Gasteiger partial charge in [-0.15, -0.1) is 0 Å². The largest absolute Gasteiger partial charge is 0.352 e. The fourth-order valence-electron chi connectivity index (χ4n) is 1.30. The van der Waals surface area contributed by atoms with Gasteiger partial charge in [0.2, 0.25) is 0 Å². The molecule has 0 aromatic carbocycles. The van der Waals surface area contributed by atoms with Gasteiger partial charge in [-0.3, -0.25) is 9.78 Å². The number of carbonyl (C=O) groups is 2. The second-order valence-corrected chi connectivity index (χ2v) is 3.47. The first-order valence-corrected chi connectivity index (χ1v) is 5.59. The minimum absolute atomic E-state index is 0.207.